The van der Waals surface area contributed by atoms with Crippen LogP contribution >= 0.6 is 0 Å². The molecular weight excluding hydrogens is 222 g/mol. The van der Waals surface area contributed by atoms with E-state index in [1.807, 2.05) is 24.3 Å². The van der Waals surface area contributed by atoms with E-state index in [9.17, 15) is 0 Å². The highest BCUT2D eigenvalue weighted by Gasteiger charge is 2.45. The van der Waals surface area contributed by atoms with E-state index in [1.165, 1.54) is 0 Å². The highest BCUT2D eigenvalue weighted by molar-refractivity contribution is 5.84. The average molecular weight is 243 g/mol. The topological polar surface area (TPSA) is 21.6 Å². The highest BCUT2D eigenvalue weighted by Crippen LogP contribution is 2.40. The van der Waals surface area contributed by atoms with Crippen molar-refractivity contribution in [3.8, 4) is 0 Å². The SMILES string of the molecule is C=C[C@H]1N=C(C(C)(C)C)O[C@@]1(C)c1ccccc1. The lowest BCUT2D eigenvalue weighted by molar-refractivity contribution is 0.0752. The molecule has 0 bridgehead atoms. The molecule has 2 nitrogen and oxygen atoms in total. The zero-order valence-electron chi connectivity index (χ0n) is 11.6. The molecule has 0 aliphatic carbocycles. The Hall–Kier alpha value is -1.57. The molecule has 0 aromatic heterocycles. The van der Waals surface area contributed by atoms with Crippen LogP contribution in [0.1, 0.15) is 33.3 Å². The Kier molecular flexibility index (Phi) is 3.05. The first-order valence-corrected chi connectivity index (χ1v) is 6.33. The third-order valence-electron chi connectivity index (χ3n) is 3.34. The predicted molar refractivity (Wildman–Crippen MR) is 75.8 cm³/mol. The molecule has 0 unspecified atom stereocenters. The van der Waals surface area contributed by atoms with Gasteiger partial charge in [-0.2, -0.15) is 0 Å². The molecular formula is C16H21NO. The number of hydrogen-bond donors (Lipinski definition) is 0. The van der Waals surface area contributed by atoms with Crippen molar-refractivity contribution in [1.82, 2.24) is 0 Å². The number of benzene rings is 1. The molecule has 1 aliphatic rings. The van der Waals surface area contributed by atoms with Crippen LogP contribution in [-0.4, -0.2) is 11.9 Å². The van der Waals surface area contributed by atoms with Crippen molar-refractivity contribution in [1.29, 1.82) is 0 Å². The average Bonchev–Trinajstić information content (AvgIpc) is 2.69. The maximum Gasteiger partial charge on any atom is 0.190 e. The Balaban J connectivity index is 2.40. The number of rotatable bonds is 2. The minimum Gasteiger partial charge on any atom is -0.467 e. The lowest BCUT2D eigenvalue weighted by Crippen LogP contribution is -2.34. The molecule has 0 amide bonds. The van der Waals surface area contributed by atoms with Gasteiger partial charge in [-0.05, 0) is 12.5 Å². The van der Waals surface area contributed by atoms with Gasteiger partial charge in [-0.1, -0.05) is 57.2 Å². The molecule has 2 heteroatoms. The molecule has 18 heavy (non-hydrogen) atoms. The van der Waals surface area contributed by atoms with E-state index in [-0.39, 0.29) is 11.5 Å². The first-order chi connectivity index (χ1) is 8.38. The third-order valence-corrected chi connectivity index (χ3v) is 3.34. The molecule has 0 spiro atoms. The van der Waals surface area contributed by atoms with Crippen LogP contribution in [0.2, 0.25) is 0 Å². The summed E-state index contributed by atoms with van der Waals surface area (Å²) in [7, 11) is 0. The Morgan fingerprint density at radius 1 is 1.28 bits per heavy atom. The largest absolute Gasteiger partial charge is 0.467 e. The molecule has 0 radical (unpaired) electrons. The van der Waals surface area contributed by atoms with E-state index >= 15 is 0 Å². The molecule has 1 aliphatic heterocycles. The summed E-state index contributed by atoms with van der Waals surface area (Å²) in [6.45, 7) is 12.3. The van der Waals surface area contributed by atoms with Crippen molar-refractivity contribution in [2.45, 2.75) is 39.3 Å². The quantitative estimate of drug-likeness (QED) is 0.721. The molecule has 0 N–H and O–H groups in total. The summed E-state index contributed by atoms with van der Waals surface area (Å²) in [4.78, 5) is 4.68. The normalized spacial score (nSPS) is 27.6. The van der Waals surface area contributed by atoms with Gasteiger partial charge in [-0.3, -0.25) is 0 Å². The monoisotopic (exact) mass is 243 g/mol. The lowest BCUT2D eigenvalue weighted by atomic mass is 9.89. The smallest absolute Gasteiger partial charge is 0.190 e. The Labute approximate surface area is 109 Å². The summed E-state index contributed by atoms with van der Waals surface area (Å²) in [5.41, 5.74) is 0.622. The van der Waals surface area contributed by atoms with Crippen LogP contribution in [0.15, 0.2) is 48.0 Å². The number of hydrogen-bond acceptors (Lipinski definition) is 2. The van der Waals surface area contributed by atoms with E-state index in [1.54, 1.807) is 0 Å². The second-order valence-electron chi connectivity index (χ2n) is 5.94. The lowest BCUT2D eigenvalue weighted by Gasteiger charge is -2.30. The Morgan fingerprint density at radius 3 is 2.39 bits per heavy atom. The van der Waals surface area contributed by atoms with Gasteiger partial charge in [0, 0.05) is 5.41 Å². The molecule has 96 valence electrons. The van der Waals surface area contributed by atoms with Gasteiger partial charge in [0.25, 0.3) is 0 Å². The van der Waals surface area contributed by atoms with Gasteiger partial charge in [0.05, 0.1) is 0 Å². The van der Waals surface area contributed by atoms with Crippen LogP contribution in [0.5, 0.6) is 0 Å². The zero-order chi connectivity index (χ0) is 13.4. The molecule has 0 saturated heterocycles. The third kappa shape index (κ3) is 2.07. The van der Waals surface area contributed by atoms with Crippen LogP contribution in [0.25, 0.3) is 0 Å². The minimum absolute atomic E-state index is 0.0332. The molecule has 1 aromatic rings. The van der Waals surface area contributed by atoms with Gasteiger partial charge in [0.1, 0.15) is 6.04 Å². The first-order valence-electron chi connectivity index (χ1n) is 6.33. The number of aliphatic imine (C=N–C) groups is 1. The number of nitrogens with zero attached hydrogens (tertiary/aromatic N) is 1. The van der Waals surface area contributed by atoms with Crippen molar-refractivity contribution in [3.63, 3.8) is 0 Å². The molecule has 0 saturated carbocycles. The fraction of sp³-hybridized carbons (Fsp3) is 0.438. The van der Waals surface area contributed by atoms with Crippen LogP contribution < -0.4 is 0 Å². The van der Waals surface area contributed by atoms with Gasteiger partial charge in [0.15, 0.2) is 11.5 Å². The van der Waals surface area contributed by atoms with Crippen LogP contribution in [-0.2, 0) is 10.3 Å². The second-order valence-corrected chi connectivity index (χ2v) is 5.94. The fourth-order valence-electron chi connectivity index (χ4n) is 2.16. The summed E-state index contributed by atoms with van der Waals surface area (Å²) in [6, 6.07) is 10.2. The van der Waals surface area contributed by atoms with Crippen LogP contribution in [0, 0.1) is 5.41 Å². The van der Waals surface area contributed by atoms with Gasteiger partial charge in [0.2, 0.25) is 0 Å². The highest BCUT2D eigenvalue weighted by atomic mass is 16.5. The molecule has 2 atom stereocenters. The van der Waals surface area contributed by atoms with E-state index in [4.69, 9.17) is 4.74 Å². The Bertz CT molecular complexity index is 470. The molecule has 1 heterocycles. The van der Waals surface area contributed by atoms with E-state index in [0.717, 1.165) is 11.5 Å². The van der Waals surface area contributed by atoms with Crippen molar-refractivity contribution in [2.75, 3.05) is 0 Å². The van der Waals surface area contributed by atoms with Crippen LogP contribution in [0.4, 0.5) is 0 Å². The van der Waals surface area contributed by atoms with Crippen molar-refractivity contribution >= 4 is 5.90 Å². The Morgan fingerprint density at radius 2 is 1.89 bits per heavy atom. The van der Waals surface area contributed by atoms with Gasteiger partial charge in [-0.15, -0.1) is 6.58 Å². The standard InChI is InChI=1S/C16H21NO/c1-6-13-16(5,12-10-8-7-9-11-12)18-14(17-13)15(2,3)4/h6-11,13H,1H2,2-5H3/t13-,16+/m1/s1. The summed E-state index contributed by atoms with van der Waals surface area (Å²) in [5.74, 6) is 0.804. The van der Waals surface area contributed by atoms with E-state index in [0.29, 0.717) is 0 Å². The van der Waals surface area contributed by atoms with E-state index < -0.39 is 5.60 Å². The predicted octanol–water partition coefficient (Wildman–Crippen LogP) is 3.93. The summed E-state index contributed by atoms with van der Waals surface area (Å²) in [6.07, 6.45) is 1.87. The minimum atomic E-state index is -0.439. The maximum absolute atomic E-state index is 6.18. The van der Waals surface area contributed by atoms with Crippen molar-refractivity contribution in [3.05, 3.63) is 48.6 Å². The van der Waals surface area contributed by atoms with Crippen LogP contribution in [0.3, 0.4) is 0 Å². The van der Waals surface area contributed by atoms with Crippen molar-refractivity contribution < 1.29 is 4.74 Å². The van der Waals surface area contributed by atoms with Gasteiger partial charge >= 0.3 is 0 Å². The van der Waals surface area contributed by atoms with Crippen molar-refractivity contribution in [2.24, 2.45) is 10.4 Å². The summed E-state index contributed by atoms with van der Waals surface area (Å²) >= 11 is 0. The molecule has 1 aromatic carbocycles. The van der Waals surface area contributed by atoms with E-state index in [2.05, 4.69) is 51.4 Å². The van der Waals surface area contributed by atoms with Gasteiger partial charge in [-0.25, -0.2) is 4.99 Å². The molecule has 2 rings (SSSR count). The summed E-state index contributed by atoms with van der Waals surface area (Å²) < 4.78 is 6.18. The summed E-state index contributed by atoms with van der Waals surface area (Å²) in [5, 5.41) is 0. The zero-order valence-corrected chi connectivity index (χ0v) is 11.6. The van der Waals surface area contributed by atoms with Gasteiger partial charge < -0.3 is 4.74 Å². The fourth-order valence-corrected chi connectivity index (χ4v) is 2.16. The maximum atomic E-state index is 6.18. The number of ether oxygens (including phenoxy) is 1. The molecule has 0 fully saturated rings. The first kappa shape index (κ1) is 12.9. The second kappa shape index (κ2) is 4.27.